The van der Waals surface area contributed by atoms with Gasteiger partial charge in [0.05, 0.1) is 0 Å². The quantitative estimate of drug-likeness (QED) is 0.887. The molecule has 0 saturated carbocycles. The van der Waals surface area contributed by atoms with E-state index in [-0.39, 0.29) is 0 Å². The van der Waals surface area contributed by atoms with Gasteiger partial charge >= 0.3 is 0 Å². The normalized spacial score (nSPS) is 18.1. The van der Waals surface area contributed by atoms with Gasteiger partial charge in [-0.25, -0.2) is 0 Å². The minimum absolute atomic E-state index is 0.474. The number of hydrogen-bond acceptors (Lipinski definition) is 1. The molecule has 1 N–H and O–H groups in total. The molecule has 1 aliphatic rings. The SMILES string of the molecule is CNC1CCCc2cn(Cc3c(Cl)cccc3Cl)cc21. The van der Waals surface area contributed by atoms with E-state index in [9.17, 15) is 0 Å². The van der Waals surface area contributed by atoms with Crippen molar-refractivity contribution in [1.82, 2.24) is 9.88 Å². The lowest BCUT2D eigenvalue weighted by Crippen LogP contribution is -2.20. The van der Waals surface area contributed by atoms with Crippen molar-refractivity contribution in [2.24, 2.45) is 0 Å². The van der Waals surface area contributed by atoms with Crippen LogP contribution in [-0.2, 0) is 13.0 Å². The topological polar surface area (TPSA) is 17.0 Å². The van der Waals surface area contributed by atoms with E-state index in [0.717, 1.165) is 28.6 Å². The van der Waals surface area contributed by atoms with Crippen LogP contribution in [0.3, 0.4) is 0 Å². The molecule has 0 spiro atoms. The van der Waals surface area contributed by atoms with E-state index in [2.05, 4.69) is 22.3 Å². The van der Waals surface area contributed by atoms with Crippen LogP contribution in [-0.4, -0.2) is 11.6 Å². The highest BCUT2D eigenvalue weighted by molar-refractivity contribution is 6.35. The highest BCUT2D eigenvalue weighted by Crippen LogP contribution is 2.31. The highest BCUT2D eigenvalue weighted by Gasteiger charge is 2.20. The zero-order valence-corrected chi connectivity index (χ0v) is 13.0. The van der Waals surface area contributed by atoms with E-state index in [1.54, 1.807) is 0 Å². The monoisotopic (exact) mass is 308 g/mol. The van der Waals surface area contributed by atoms with E-state index in [1.807, 2.05) is 25.2 Å². The summed E-state index contributed by atoms with van der Waals surface area (Å²) in [6.07, 6.45) is 8.08. The molecule has 2 aromatic rings. The fourth-order valence-electron chi connectivity index (χ4n) is 3.01. The maximum Gasteiger partial charge on any atom is 0.0500 e. The van der Waals surface area contributed by atoms with E-state index < -0.39 is 0 Å². The van der Waals surface area contributed by atoms with Gasteiger partial charge in [0.1, 0.15) is 0 Å². The molecule has 0 amide bonds. The van der Waals surface area contributed by atoms with Crippen molar-refractivity contribution in [3.05, 3.63) is 57.3 Å². The Labute approximate surface area is 129 Å². The van der Waals surface area contributed by atoms with Gasteiger partial charge in [0.25, 0.3) is 0 Å². The number of rotatable bonds is 3. The summed E-state index contributed by atoms with van der Waals surface area (Å²) in [5, 5.41) is 4.86. The summed E-state index contributed by atoms with van der Waals surface area (Å²) < 4.78 is 2.20. The predicted octanol–water partition coefficient (Wildman–Crippen LogP) is 4.44. The summed E-state index contributed by atoms with van der Waals surface area (Å²) >= 11 is 12.5. The van der Waals surface area contributed by atoms with Crippen LogP contribution in [0.5, 0.6) is 0 Å². The van der Waals surface area contributed by atoms with Crippen molar-refractivity contribution in [3.8, 4) is 0 Å². The molecule has 3 rings (SSSR count). The highest BCUT2D eigenvalue weighted by atomic mass is 35.5. The van der Waals surface area contributed by atoms with Crippen molar-refractivity contribution in [2.75, 3.05) is 7.05 Å². The number of aromatic nitrogens is 1. The molecule has 4 heteroatoms. The molecule has 2 nitrogen and oxygen atoms in total. The molecule has 106 valence electrons. The van der Waals surface area contributed by atoms with Crippen LogP contribution in [0.25, 0.3) is 0 Å². The molecule has 20 heavy (non-hydrogen) atoms. The maximum atomic E-state index is 6.25. The Kier molecular flexibility index (Phi) is 4.06. The number of nitrogens with one attached hydrogen (secondary N) is 1. The summed E-state index contributed by atoms with van der Waals surface area (Å²) in [6.45, 7) is 0.724. The van der Waals surface area contributed by atoms with Gasteiger partial charge in [-0.3, -0.25) is 0 Å². The second-order valence-corrected chi connectivity index (χ2v) is 6.16. The Morgan fingerprint density at radius 1 is 1.25 bits per heavy atom. The Hall–Kier alpha value is -0.960. The molecule has 1 aromatic heterocycles. The minimum Gasteiger partial charge on any atom is -0.349 e. The van der Waals surface area contributed by atoms with Gasteiger partial charge in [-0.15, -0.1) is 0 Å². The summed E-state index contributed by atoms with van der Waals surface area (Å²) in [5.74, 6) is 0. The minimum atomic E-state index is 0.474. The van der Waals surface area contributed by atoms with Crippen LogP contribution in [0.2, 0.25) is 10.0 Å². The summed E-state index contributed by atoms with van der Waals surface area (Å²) in [7, 11) is 2.03. The second-order valence-electron chi connectivity index (χ2n) is 5.34. The lowest BCUT2D eigenvalue weighted by Gasteiger charge is -2.21. The molecular weight excluding hydrogens is 291 g/mol. The first-order valence-corrected chi connectivity index (χ1v) is 7.73. The van der Waals surface area contributed by atoms with Gasteiger partial charge in [-0.2, -0.15) is 0 Å². The number of nitrogens with zero attached hydrogens (tertiary/aromatic N) is 1. The lowest BCUT2D eigenvalue weighted by molar-refractivity contribution is 0.498. The number of aryl methyl sites for hydroxylation is 1. The smallest absolute Gasteiger partial charge is 0.0500 e. The second kappa shape index (κ2) is 5.80. The van der Waals surface area contributed by atoms with Crippen molar-refractivity contribution >= 4 is 23.2 Å². The van der Waals surface area contributed by atoms with Crippen molar-refractivity contribution < 1.29 is 0 Å². The van der Waals surface area contributed by atoms with Gasteiger partial charge in [0.15, 0.2) is 0 Å². The zero-order valence-electron chi connectivity index (χ0n) is 11.5. The number of halogens is 2. The molecule has 0 radical (unpaired) electrons. The van der Waals surface area contributed by atoms with Crippen LogP contribution < -0.4 is 5.32 Å². The van der Waals surface area contributed by atoms with Gasteiger partial charge in [0, 0.05) is 40.6 Å². The zero-order chi connectivity index (χ0) is 14.1. The Morgan fingerprint density at radius 2 is 2.00 bits per heavy atom. The van der Waals surface area contributed by atoms with Gasteiger partial charge in [-0.1, -0.05) is 29.3 Å². The Balaban J connectivity index is 1.91. The van der Waals surface area contributed by atoms with Gasteiger partial charge < -0.3 is 9.88 Å². The summed E-state index contributed by atoms with van der Waals surface area (Å²) in [6, 6.07) is 6.14. The fraction of sp³-hybridized carbons (Fsp3) is 0.375. The number of benzene rings is 1. The first-order valence-electron chi connectivity index (χ1n) is 6.97. The molecule has 1 aromatic carbocycles. The Morgan fingerprint density at radius 3 is 2.70 bits per heavy atom. The fourth-order valence-corrected chi connectivity index (χ4v) is 3.52. The van der Waals surface area contributed by atoms with Crippen LogP contribution in [0.15, 0.2) is 30.6 Å². The molecule has 0 fully saturated rings. The predicted molar refractivity (Wildman–Crippen MR) is 84.7 cm³/mol. The first-order chi connectivity index (χ1) is 9.69. The number of hydrogen-bond donors (Lipinski definition) is 1. The first kappa shape index (κ1) is 14.0. The largest absolute Gasteiger partial charge is 0.349 e. The molecular formula is C16H18Cl2N2. The van der Waals surface area contributed by atoms with Crippen LogP contribution in [0.4, 0.5) is 0 Å². The van der Waals surface area contributed by atoms with Crippen molar-refractivity contribution in [2.45, 2.75) is 31.8 Å². The summed E-state index contributed by atoms with van der Waals surface area (Å²) in [4.78, 5) is 0. The van der Waals surface area contributed by atoms with Crippen molar-refractivity contribution in [3.63, 3.8) is 0 Å². The van der Waals surface area contributed by atoms with E-state index in [4.69, 9.17) is 23.2 Å². The molecule has 1 heterocycles. The standard InChI is InChI=1S/C16H18Cl2N2/c1-19-16-7-2-4-11-8-20(9-12(11)16)10-13-14(17)5-3-6-15(13)18/h3,5-6,8-9,16,19H,2,4,7,10H2,1H3. The molecule has 1 unspecified atom stereocenters. The van der Waals surface area contributed by atoms with E-state index in [0.29, 0.717) is 6.04 Å². The molecule has 0 bridgehead atoms. The third kappa shape index (κ3) is 2.60. The third-order valence-corrected chi connectivity index (χ3v) is 4.77. The van der Waals surface area contributed by atoms with Gasteiger partial charge in [0.2, 0.25) is 0 Å². The summed E-state index contributed by atoms with van der Waals surface area (Å²) in [5.41, 5.74) is 3.85. The van der Waals surface area contributed by atoms with E-state index in [1.165, 1.54) is 24.0 Å². The number of fused-ring (bicyclic) bond motifs is 1. The van der Waals surface area contributed by atoms with Gasteiger partial charge in [-0.05, 0) is 49.6 Å². The molecule has 0 saturated heterocycles. The van der Waals surface area contributed by atoms with Crippen LogP contribution >= 0.6 is 23.2 Å². The molecule has 0 aliphatic heterocycles. The molecule has 1 aliphatic carbocycles. The Bertz CT molecular complexity index is 599. The molecule has 1 atom stereocenters. The van der Waals surface area contributed by atoms with Crippen LogP contribution in [0.1, 0.15) is 35.6 Å². The average molecular weight is 309 g/mol. The third-order valence-electron chi connectivity index (χ3n) is 4.06. The lowest BCUT2D eigenvalue weighted by atomic mass is 9.91. The van der Waals surface area contributed by atoms with Crippen molar-refractivity contribution in [1.29, 1.82) is 0 Å². The van der Waals surface area contributed by atoms with Crippen LogP contribution in [0, 0.1) is 0 Å². The maximum absolute atomic E-state index is 6.25. The van der Waals surface area contributed by atoms with E-state index >= 15 is 0 Å². The average Bonchev–Trinajstić information content (AvgIpc) is 2.85.